The van der Waals surface area contributed by atoms with Gasteiger partial charge in [0.05, 0.1) is 32.0 Å². The zero-order valence-corrected chi connectivity index (χ0v) is 17.6. The predicted octanol–water partition coefficient (Wildman–Crippen LogP) is 3.71. The number of carbonyl (C=O) groups is 1. The van der Waals surface area contributed by atoms with Gasteiger partial charge in [-0.2, -0.15) is 5.10 Å². The van der Waals surface area contributed by atoms with Crippen LogP contribution >= 0.6 is 0 Å². The number of amides is 1. The van der Waals surface area contributed by atoms with Gasteiger partial charge in [-0.05, 0) is 43.7 Å². The van der Waals surface area contributed by atoms with Crippen molar-refractivity contribution >= 4 is 5.91 Å². The van der Waals surface area contributed by atoms with Crippen LogP contribution in [0.4, 0.5) is 0 Å². The number of carbonyl (C=O) groups excluding carboxylic acids is 1. The second-order valence-corrected chi connectivity index (χ2v) is 7.01. The first-order chi connectivity index (χ1) is 13.9. The van der Waals surface area contributed by atoms with E-state index >= 15 is 0 Å². The summed E-state index contributed by atoms with van der Waals surface area (Å²) >= 11 is 0. The van der Waals surface area contributed by atoms with Gasteiger partial charge in [0.1, 0.15) is 0 Å². The molecular weight excluding hydrogens is 366 g/mol. The van der Waals surface area contributed by atoms with Crippen molar-refractivity contribution in [2.75, 3.05) is 21.3 Å². The Hall–Kier alpha value is -3.28. The minimum Gasteiger partial charge on any atom is -0.493 e. The molecule has 6 nitrogen and oxygen atoms in total. The molecule has 3 rings (SSSR count). The maximum atomic E-state index is 12.9. The molecule has 2 aromatic carbocycles. The molecule has 0 spiro atoms. The Morgan fingerprint density at radius 2 is 1.72 bits per heavy atom. The molecule has 1 aromatic heterocycles. The van der Waals surface area contributed by atoms with Crippen LogP contribution in [0.25, 0.3) is 5.69 Å². The molecule has 6 heteroatoms. The molecule has 0 atom stereocenters. The highest BCUT2D eigenvalue weighted by Crippen LogP contribution is 2.28. The molecule has 3 aromatic rings. The third kappa shape index (κ3) is 4.42. The second-order valence-electron chi connectivity index (χ2n) is 7.01. The molecule has 0 fully saturated rings. The van der Waals surface area contributed by atoms with Crippen LogP contribution in [0.1, 0.15) is 22.5 Å². The van der Waals surface area contributed by atoms with Gasteiger partial charge in [-0.15, -0.1) is 0 Å². The van der Waals surface area contributed by atoms with Crippen molar-refractivity contribution in [3.05, 3.63) is 71.0 Å². The van der Waals surface area contributed by atoms with Gasteiger partial charge in [0.2, 0.25) is 5.91 Å². The summed E-state index contributed by atoms with van der Waals surface area (Å²) in [5.74, 6) is 1.37. The number of aryl methyl sites for hydroxylation is 1. The third-order valence-corrected chi connectivity index (χ3v) is 5.06. The Morgan fingerprint density at radius 1 is 1.03 bits per heavy atom. The number of aromatic nitrogens is 2. The van der Waals surface area contributed by atoms with E-state index in [0.717, 1.165) is 28.2 Å². The normalized spacial score (nSPS) is 10.7. The Bertz CT molecular complexity index is 996. The van der Waals surface area contributed by atoms with Crippen molar-refractivity contribution in [1.29, 1.82) is 0 Å². The average Bonchev–Trinajstić information content (AvgIpc) is 3.02. The standard InChI is InChI=1S/C23H27N3O3/c1-16-20(17(2)26(24-16)19-9-7-6-8-10-19)14-23(27)25(3)15-18-11-12-21(28-4)22(13-18)29-5/h6-13H,14-15H2,1-5H3. The number of methoxy groups -OCH3 is 2. The minimum atomic E-state index is 0.0404. The van der Waals surface area contributed by atoms with E-state index in [4.69, 9.17) is 9.47 Å². The zero-order valence-electron chi connectivity index (χ0n) is 17.6. The molecule has 29 heavy (non-hydrogen) atoms. The molecule has 0 aliphatic rings. The quantitative estimate of drug-likeness (QED) is 0.614. The number of benzene rings is 2. The summed E-state index contributed by atoms with van der Waals surface area (Å²) in [6.07, 6.45) is 0.314. The molecule has 0 aliphatic heterocycles. The lowest BCUT2D eigenvalue weighted by atomic mass is 10.1. The predicted molar refractivity (Wildman–Crippen MR) is 113 cm³/mol. The lowest BCUT2D eigenvalue weighted by Crippen LogP contribution is -2.28. The zero-order chi connectivity index (χ0) is 21.0. The molecule has 0 aliphatic carbocycles. The minimum absolute atomic E-state index is 0.0404. The monoisotopic (exact) mass is 393 g/mol. The molecule has 0 saturated carbocycles. The molecule has 0 unspecified atom stereocenters. The van der Waals surface area contributed by atoms with Gasteiger partial charge in [-0.1, -0.05) is 24.3 Å². The fourth-order valence-corrected chi connectivity index (χ4v) is 3.38. The first kappa shape index (κ1) is 20.5. The number of para-hydroxylation sites is 1. The van der Waals surface area contributed by atoms with Crippen molar-refractivity contribution in [1.82, 2.24) is 14.7 Å². The largest absolute Gasteiger partial charge is 0.493 e. The number of hydrogen-bond acceptors (Lipinski definition) is 4. The maximum Gasteiger partial charge on any atom is 0.227 e. The highest BCUT2D eigenvalue weighted by atomic mass is 16.5. The molecule has 0 N–H and O–H groups in total. The molecule has 1 heterocycles. The summed E-state index contributed by atoms with van der Waals surface area (Å²) in [6, 6.07) is 15.6. The van der Waals surface area contributed by atoms with Crippen LogP contribution in [0.15, 0.2) is 48.5 Å². The van der Waals surface area contributed by atoms with Gasteiger partial charge >= 0.3 is 0 Å². The lowest BCUT2D eigenvalue weighted by molar-refractivity contribution is -0.129. The first-order valence-corrected chi connectivity index (χ1v) is 9.50. The van der Waals surface area contributed by atoms with E-state index < -0.39 is 0 Å². The van der Waals surface area contributed by atoms with Crippen LogP contribution in [0, 0.1) is 13.8 Å². The summed E-state index contributed by atoms with van der Waals surface area (Å²) in [6.45, 7) is 4.44. The Kier molecular flexibility index (Phi) is 6.22. The van der Waals surface area contributed by atoms with E-state index in [1.807, 2.05) is 74.1 Å². The number of ether oxygens (including phenoxy) is 2. The fourth-order valence-electron chi connectivity index (χ4n) is 3.38. The average molecular weight is 393 g/mol. The van der Waals surface area contributed by atoms with E-state index in [0.29, 0.717) is 24.5 Å². The number of rotatable bonds is 7. The van der Waals surface area contributed by atoms with Crippen molar-refractivity contribution in [2.45, 2.75) is 26.8 Å². The lowest BCUT2D eigenvalue weighted by Gasteiger charge is -2.18. The number of hydrogen-bond donors (Lipinski definition) is 0. The number of nitrogens with zero attached hydrogens (tertiary/aromatic N) is 3. The molecule has 0 bridgehead atoms. The molecule has 1 amide bonds. The van der Waals surface area contributed by atoms with Crippen molar-refractivity contribution in [3.63, 3.8) is 0 Å². The van der Waals surface area contributed by atoms with Gasteiger partial charge in [-0.3, -0.25) is 4.79 Å². The van der Waals surface area contributed by atoms with Crippen LogP contribution in [0.2, 0.25) is 0 Å². The highest BCUT2D eigenvalue weighted by molar-refractivity contribution is 5.79. The summed E-state index contributed by atoms with van der Waals surface area (Å²) in [5, 5.41) is 4.63. The van der Waals surface area contributed by atoms with Crippen LogP contribution in [-0.2, 0) is 17.8 Å². The van der Waals surface area contributed by atoms with E-state index in [9.17, 15) is 4.79 Å². The van der Waals surface area contributed by atoms with Crippen LogP contribution in [0.3, 0.4) is 0 Å². The smallest absolute Gasteiger partial charge is 0.227 e. The maximum absolute atomic E-state index is 12.9. The SMILES string of the molecule is COc1ccc(CN(C)C(=O)Cc2c(C)nn(-c3ccccc3)c2C)cc1OC. The van der Waals surface area contributed by atoms with Crippen LogP contribution < -0.4 is 9.47 Å². The molecule has 0 radical (unpaired) electrons. The summed E-state index contributed by atoms with van der Waals surface area (Å²) < 4.78 is 12.5. The topological polar surface area (TPSA) is 56.6 Å². The number of likely N-dealkylation sites (N-methyl/N-ethyl adjacent to an activating group) is 1. The third-order valence-electron chi connectivity index (χ3n) is 5.06. The summed E-state index contributed by atoms with van der Waals surface area (Å²) in [7, 11) is 5.02. The fraction of sp³-hybridized carbons (Fsp3) is 0.304. The molecular formula is C23H27N3O3. The van der Waals surface area contributed by atoms with Crippen molar-refractivity contribution in [3.8, 4) is 17.2 Å². The molecule has 0 saturated heterocycles. The van der Waals surface area contributed by atoms with Gasteiger partial charge in [-0.25, -0.2) is 4.68 Å². The van der Waals surface area contributed by atoms with E-state index in [-0.39, 0.29) is 5.91 Å². The van der Waals surface area contributed by atoms with E-state index in [2.05, 4.69) is 5.10 Å². The van der Waals surface area contributed by atoms with E-state index in [1.54, 1.807) is 19.1 Å². The molecule has 152 valence electrons. The van der Waals surface area contributed by atoms with Gasteiger partial charge < -0.3 is 14.4 Å². The van der Waals surface area contributed by atoms with Gasteiger partial charge in [0, 0.05) is 24.8 Å². The second kappa shape index (κ2) is 8.82. The highest BCUT2D eigenvalue weighted by Gasteiger charge is 2.18. The van der Waals surface area contributed by atoms with Crippen molar-refractivity contribution in [2.24, 2.45) is 0 Å². The van der Waals surface area contributed by atoms with Crippen LogP contribution in [0.5, 0.6) is 11.5 Å². The van der Waals surface area contributed by atoms with Gasteiger partial charge in [0.25, 0.3) is 0 Å². The first-order valence-electron chi connectivity index (χ1n) is 9.50. The Morgan fingerprint density at radius 3 is 2.38 bits per heavy atom. The summed E-state index contributed by atoms with van der Waals surface area (Å²) in [5.41, 5.74) is 4.80. The summed E-state index contributed by atoms with van der Waals surface area (Å²) in [4.78, 5) is 14.6. The van der Waals surface area contributed by atoms with Crippen LogP contribution in [-0.4, -0.2) is 41.9 Å². The van der Waals surface area contributed by atoms with Gasteiger partial charge in [0.15, 0.2) is 11.5 Å². The van der Waals surface area contributed by atoms with Crippen molar-refractivity contribution < 1.29 is 14.3 Å². The Labute approximate surface area is 171 Å². The van der Waals surface area contributed by atoms with E-state index in [1.165, 1.54) is 0 Å². The Balaban J connectivity index is 1.74.